The molecule has 6 nitrogen and oxygen atoms in total. The Morgan fingerprint density at radius 3 is 3.05 bits per heavy atom. The quantitative estimate of drug-likeness (QED) is 0.834. The van der Waals surface area contributed by atoms with E-state index in [0.29, 0.717) is 25.1 Å². The monoisotopic (exact) mass is 285 g/mol. The number of rotatable bonds is 4. The molecule has 3 N–H and O–H groups in total. The summed E-state index contributed by atoms with van der Waals surface area (Å²) in [5, 5.41) is 0. The second-order valence-electron chi connectivity index (χ2n) is 4.68. The number of nitrogens with two attached hydrogens (primary N) is 1. The zero-order valence-corrected chi connectivity index (χ0v) is 11.7. The first-order valence-corrected chi connectivity index (χ1v) is 7.79. The van der Waals surface area contributed by atoms with Crippen LogP contribution in [0.15, 0.2) is 23.2 Å². The predicted molar refractivity (Wildman–Crippen MR) is 70.9 cm³/mol. The molecule has 1 aromatic heterocycles. The van der Waals surface area contributed by atoms with Gasteiger partial charge in [0.05, 0.1) is 11.8 Å². The van der Waals surface area contributed by atoms with Crippen LogP contribution in [0.2, 0.25) is 0 Å². The summed E-state index contributed by atoms with van der Waals surface area (Å²) in [4.78, 5) is 4.17. The average Bonchev–Trinajstić information content (AvgIpc) is 2.38. The summed E-state index contributed by atoms with van der Waals surface area (Å²) in [7, 11) is -3.57. The molecule has 0 aliphatic carbocycles. The molecule has 0 bridgehead atoms. The van der Waals surface area contributed by atoms with Crippen LogP contribution >= 0.6 is 0 Å². The SMILES string of the molecule is CC1CC(NS(=O)(=O)c2cccnc2CN)CCO1. The maximum atomic E-state index is 12.3. The molecule has 106 valence electrons. The van der Waals surface area contributed by atoms with Gasteiger partial charge in [0.2, 0.25) is 10.0 Å². The number of nitrogens with zero attached hydrogens (tertiary/aromatic N) is 1. The summed E-state index contributed by atoms with van der Waals surface area (Å²) in [6.07, 6.45) is 2.97. The van der Waals surface area contributed by atoms with E-state index in [1.165, 1.54) is 12.3 Å². The zero-order valence-electron chi connectivity index (χ0n) is 10.9. The van der Waals surface area contributed by atoms with Crippen molar-refractivity contribution in [3.05, 3.63) is 24.0 Å². The number of hydrogen-bond donors (Lipinski definition) is 2. The first kappa shape index (κ1) is 14.4. The Kier molecular flexibility index (Phi) is 4.51. The second-order valence-corrected chi connectivity index (χ2v) is 6.36. The summed E-state index contributed by atoms with van der Waals surface area (Å²) in [5.74, 6) is 0. The van der Waals surface area contributed by atoms with Gasteiger partial charge in [0, 0.05) is 25.4 Å². The Labute approximate surface area is 113 Å². The molecular formula is C12H19N3O3S. The minimum absolute atomic E-state index is 0.0735. The minimum atomic E-state index is -3.57. The summed E-state index contributed by atoms with van der Waals surface area (Å²) < 4.78 is 32.8. The van der Waals surface area contributed by atoms with Crippen LogP contribution in [0.3, 0.4) is 0 Å². The Bertz CT molecular complexity index is 533. The molecule has 1 saturated heterocycles. The largest absolute Gasteiger partial charge is 0.378 e. The van der Waals surface area contributed by atoms with Crippen LogP contribution in [0.4, 0.5) is 0 Å². The fourth-order valence-electron chi connectivity index (χ4n) is 2.21. The smallest absolute Gasteiger partial charge is 0.242 e. The Balaban J connectivity index is 2.18. The lowest BCUT2D eigenvalue weighted by molar-refractivity contribution is 0.0173. The van der Waals surface area contributed by atoms with Gasteiger partial charge < -0.3 is 10.5 Å². The molecule has 7 heteroatoms. The van der Waals surface area contributed by atoms with Crippen molar-refractivity contribution < 1.29 is 13.2 Å². The highest BCUT2D eigenvalue weighted by Gasteiger charge is 2.26. The highest BCUT2D eigenvalue weighted by Crippen LogP contribution is 2.18. The van der Waals surface area contributed by atoms with E-state index in [2.05, 4.69) is 9.71 Å². The molecule has 0 radical (unpaired) electrons. The molecule has 1 aromatic rings. The van der Waals surface area contributed by atoms with Crippen LogP contribution in [0.25, 0.3) is 0 Å². The molecule has 0 amide bonds. The third-order valence-electron chi connectivity index (χ3n) is 3.14. The van der Waals surface area contributed by atoms with Crippen LogP contribution in [-0.4, -0.2) is 32.2 Å². The van der Waals surface area contributed by atoms with Gasteiger partial charge in [-0.3, -0.25) is 4.98 Å². The number of hydrogen-bond acceptors (Lipinski definition) is 5. The number of nitrogens with one attached hydrogen (secondary N) is 1. The van der Waals surface area contributed by atoms with Gasteiger partial charge in [0.25, 0.3) is 0 Å². The van der Waals surface area contributed by atoms with E-state index in [4.69, 9.17) is 10.5 Å². The van der Waals surface area contributed by atoms with Gasteiger partial charge in [-0.1, -0.05) is 0 Å². The third kappa shape index (κ3) is 3.50. The number of pyridine rings is 1. The normalized spacial score (nSPS) is 24.3. The second kappa shape index (κ2) is 5.96. The van der Waals surface area contributed by atoms with Gasteiger partial charge in [0.1, 0.15) is 4.90 Å². The van der Waals surface area contributed by atoms with Gasteiger partial charge in [0.15, 0.2) is 0 Å². The van der Waals surface area contributed by atoms with E-state index >= 15 is 0 Å². The maximum Gasteiger partial charge on any atom is 0.242 e. The van der Waals surface area contributed by atoms with E-state index in [0.717, 1.165) is 0 Å². The molecule has 0 aromatic carbocycles. The summed E-state index contributed by atoms with van der Waals surface area (Å²) in [5.41, 5.74) is 5.91. The van der Waals surface area contributed by atoms with E-state index in [-0.39, 0.29) is 23.6 Å². The summed E-state index contributed by atoms with van der Waals surface area (Å²) in [6.45, 7) is 2.61. The zero-order chi connectivity index (χ0) is 13.9. The fraction of sp³-hybridized carbons (Fsp3) is 0.583. The molecule has 0 saturated carbocycles. The first-order valence-electron chi connectivity index (χ1n) is 6.31. The molecule has 1 aliphatic heterocycles. The fourth-order valence-corrected chi connectivity index (χ4v) is 3.69. The van der Waals surface area contributed by atoms with Crippen molar-refractivity contribution in [1.82, 2.24) is 9.71 Å². The van der Waals surface area contributed by atoms with Gasteiger partial charge in [-0.25, -0.2) is 13.1 Å². The molecule has 2 unspecified atom stereocenters. The van der Waals surface area contributed by atoms with Crippen molar-refractivity contribution in [3.8, 4) is 0 Å². The highest BCUT2D eigenvalue weighted by atomic mass is 32.2. The van der Waals surface area contributed by atoms with Gasteiger partial charge in [-0.15, -0.1) is 0 Å². The number of aromatic nitrogens is 1. The third-order valence-corrected chi connectivity index (χ3v) is 4.73. The summed E-state index contributed by atoms with van der Waals surface area (Å²) in [6, 6.07) is 3.03. The van der Waals surface area contributed by atoms with Gasteiger partial charge in [-0.2, -0.15) is 0 Å². The van der Waals surface area contributed by atoms with Crippen molar-refractivity contribution in [1.29, 1.82) is 0 Å². The molecule has 1 fully saturated rings. The van der Waals surface area contributed by atoms with E-state index in [9.17, 15) is 8.42 Å². The van der Waals surface area contributed by atoms with Crippen molar-refractivity contribution in [3.63, 3.8) is 0 Å². The molecular weight excluding hydrogens is 266 g/mol. The van der Waals surface area contributed by atoms with Crippen LogP contribution < -0.4 is 10.5 Å². The van der Waals surface area contributed by atoms with E-state index < -0.39 is 10.0 Å². The molecule has 19 heavy (non-hydrogen) atoms. The predicted octanol–water partition coefficient (Wildman–Crippen LogP) is 0.386. The average molecular weight is 285 g/mol. The van der Waals surface area contributed by atoms with Crippen molar-refractivity contribution in [2.24, 2.45) is 5.73 Å². The minimum Gasteiger partial charge on any atom is -0.378 e. The molecule has 2 rings (SSSR count). The Morgan fingerprint density at radius 2 is 2.37 bits per heavy atom. The Morgan fingerprint density at radius 1 is 1.58 bits per heavy atom. The molecule has 2 heterocycles. The van der Waals surface area contributed by atoms with Gasteiger partial charge >= 0.3 is 0 Å². The van der Waals surface area contributed by atoms with Crippen molar-refractivity contribution >= 4 is 10.0 Å². The first-order chi connectivity index (χ1) is 9.03. The number of sulfonamides is 1. The topological polar surface area (TPSA) is 94.3 Å². The van der Waals surface area contributed by atoms with E-state index in [1.54, 1.807) is 6.07 Å². The van der Waals surface area contributed by atoms with Crippen molar-refractivity contribution in [2.75, 3.05) is 6.61 Å². The lowest BCUT2D eigenvalue weighted by Crippen LogP contribution is -2.41. The standard InChI is InChI=1S/C12H19N3O3S/c1-9-7-10(4-6-18-9)15-19(16,17)12-3-2-5-14-11(12)8-13/h2-3,5,9-10,15H,4,6-8,13H2,1H3. The van der Waals surface area contributed by atoms with Crippen LogP contribution in [0.1, 0.15) is 25.5 Å². The molecule has 0 spiro atoms. The van der Waals surface area contributed by atoms with Gasteiger partial charge in [-0.05, 0) is 31.9 Å². The molecule has 1 aliphatic rings. The maximum absolute atomic E-state index is 12.3. The van der Waals surface area contributed by atoms with Crippen LogP contribution in [0, 0.1) is 0 Å². The summed E-state index contributed by atoms with van der Waals surface area (Å²) >= 11 is 0. The van der Waals surface area contributed by atoms with Crippen LogP contribution in [0.5, 0.6) is 0 Å². The Hall–Kier alpha value is -1.02. The highest BCUT2D eigenvalue weighted by molar-refractivity contribution is 7.89. The lowest BCUT2D eigenvalue weighted by Gasteiger charge is -2.27. The van der Waals surface area contributed by atoms with Crippen LogP contribution in [-0.2, 0) is 21.3 Å². The molecule has 2 atom stereocenters. The lowest BCUT2D eigenvalue weighted by atomic mass is 10.1. The number of ether oxygens (including phenoxy) is 1. The van der Waals surface area contributed by atoms with E-state index in [1.807, 2.05) is 6.92 Å². The van der Waals surface area contributed by atoms with Crippen molar-refractivity contribution in [2.45, 2.75) is 43.4 Å².